The zero-order chi connectivity index (χ0) is 15.1. The SMILES string of the molecule is O=C1Nc2c(Br)cc(Br)cc2C1=Cc1c(F)cccc1F. The molecule has 0 bridgehead atoms. The number of carbonyl (C=O) groups excluding carboxylic acids is 1. The maximum atomic E-state index is 13.7. The van der Waals surface area contributed by atoms with Gasteiger partial charge < -0.3 is 5.32 Å². The topological polar surface area (TPSA) is 29.1 Å². The molecule has 1 amide bonds. The van der Waals surface area contributed by atoms with Gasteiger partial charge >= 0.3 is 0 Å². The monoisotopic (exact) mass is 413 g/mol. The normalized spacial score (nSPS) is 15.2. The van der Waals surface area contributed by atoms with Crippen LogP contribution in [0.15, 0.2) is 39.3 Å². The van der Waals surface area contributed by atoms with Crippen molar-refractivity contribution < 1.29 is 13.6 Å². The van der Waals surface area contributed by atoms with E-state index in [4.69, 9.17) is 0 Å². The van der Waals surface area contributed by atoms with Gasteiger partial charge in [-0.05, 0) is 46.3 Å². The third-order valence-electron chi connectivity index (χ3n) is 3.12. The van der Waals surface area contributed by atoms with Crippen LogP contribution >= 0.6 is 31.9 Å². The molecule has 21 heavy (non-hydrogen) atoms. The van der Waals surface area contributed by atoms with E-state index >= 15 is 0 Å². The molecule has 0 aromatic heterocycles. The van der Waals surface area contributed by atoms with Crippen molar-refractivity contribution in [2.75, 3.05) is 5.32 Å². The first-order chi connectivity index (χ1) is 9.97. The molecule has 1 aliphatic heterocycles. The Labute approximate surface area is 136 Å². The van der Waals surface area contributed by atoms with Gasteiger partial charge in [0.2, 0.25) is 0 Å². The van der Waals surface area contributed by atoms with Crippen LogP contribution in [0.5, 0.6) is 0 Å². The van der Waals surface area contributed by atoms with Gasteiger partial charge in [0.15, 0.2) is 0 Å². The highest BCUT2D eigenvalue weighted by atomic mass is 79.9. The van der Waals surface area contributed by atoms with Crippen molar-refractivity contribution >= 4 is 55.1 Å². The van der Waals surface area contributed by atoms with Crippen LogP contribution in [0.25, 0.3) is 11.6 Å². The predicted molar refractivity (Wildman–Crippen MR) is 84.7 cm³/mol. The van der Waals surface area contributed by atoms with Crippen molar-refractivity contribution in [1.29, 1.82) is 0 Å². The first-order valence-corrected chi connectivity index (χ1v) is 7.52. The van der Waals surface area contributed by atoms with Crippen molar-refractivity contribution in [1.82, 2.24) is 0 Å². The summed E-state index contributed by atoms with van der Waals surface area (Å²) in [4.78, 5) is 12.1. The van der Waals surface area contributed by atoms with Crippen molar-refractivity contribution in [3.8, 4) is 0 Å². The molecule has 2 nitrogen and oxygen atoms in total. The second-order valence-corrected chi connectivity index (χ2v) is 6.23. The number of benzene rings is 2. The lowest BCUT2D eigenvalue weighted by atomic mass is 10.0. The Morgan fingerprint density at radius 1 is 1.10 bits per heavy atom. The molecule has 6 heteroatoms. The first-order valence-electron chi connectivity index (χ1n) is 5.94. The van der Waals surface area contributed by atoms with Crippen LogP contribution in [0.4, 0.5) is 14.5 Å². The zero-order valence-corrected chi connectivity index (χ0v) is 13.6. The van der Waals surface area contributed by atoms with Gasteiger partial charge in [-0.15, -0.1) is 0 Å². The van der Waals surface area contributed by atoms with Gasteiger partial charge in [0.1, 0.15) is 11.6 Å². The minimum atomic E-state index is -0.710. The van der Waals surface area contributed by atoms with Gasteiger partial charge in [0, 0.05) is 25.6 Å². The van der Waals surface area contributed by atoms with Crippen LogP contribution in [0.3, 0.4) is 0 Å². The molecule has 0 atom stereocenters. The summed E-state index contributed by atoms with van der Waals surface area (Å²) >= 11 is 6.68. The second kappa shape index (κ2) is 5.35. The van der Waals surface area contributed by atoms with Crippen molar-refractivity contribution in [3.63, 3.8) is 0 Å². The fraction of sp³-hybridized carbons (Fsp3) is 0. The smallest absolute Gasteiger partial charge is 0.256 e. The molecule has 0 spiro atoms. The maximum Gasteiger partial charge on any atom is 0.256 e. The average Bonchev–Trinajstić information content (AvgIpc) is 2.71. The lowest BCUT2D eigenvalue weighted by molar-refractivity contribution is -0.110. The molecule has 1 heterocycles. The Kier molecular flexibility index (Phi) is 3.67. The summed E-state index contributed by atoms with van der Waals surface area (Å²) in [6.07, 6.45) is 1.23. The summed E-state index contributed by atoms with van der Waals surface area (Å²) in [7, 11) is 0. The summed E-state index contributed by atoms with van der Waals surface area (Å²) in [5.74, 6) is -1.82. The Morgan fingerprint density at radius 3 is 2.43 bits per heavy atom. The number of hydrogen-bond donors (Lipinski definition) is 1. The summed E-state index contributed by atoms with van der Waals surface area (Å²) in [6, 6.07) is 7.09. The van der Waals surface area contributed by atoms with Crippen molar-refractivity contribution in [2.24, 2.45) is 0 Å². The van der Waals surface area contributed by atoms with E-state index in [0.717, 1.165) is 16.6 Å². The van der Waals surface area contributed by atoms with E-state index in [1.807, 2.05) is 0 Å². The van der Waals surface area contributed by atoms with Crippen LogP contribution in [0.2, 0.25) is 0 Å². The van der Waals surface area contributed by atoms with Crippen LogP contribution in [-0.2, 0) is 4.79 Å². The van der Waals surface area contributed by atoms with E-state index in [9.17, 15) is 13.6 Å². The van der Waals surface area contributed by atoms with Gasteiger partial charge in [-0.3, -0.25) is 4.79 Å². The molecule has 0 aliphatic carbocycles. The van der Waals surface area contributed by atoms with Crippen molar-refractivity contribution in [2.45, 2.75) is 0 Å². The Bertz CT molecular complexity index is 782. The van der Waals surface area contributed by atoms with Crippen LogP contribution in [-0.4, -0.2) is 5.91 Å². The number of amides is 1. The van der Waals surface area contributed by atoms with Gasteiger partial charge in [0.25, 0.3) is 5.91 Å². The van der Waals surface area contributed by atoms with Crippen LogP contribution in [0.1, 0.15) is 11.1 Å². The van der Waals surface area contributed by atoms with E-state index in [-0.39, 0.29) is 11.1 Å². The standard InChI is InChI=1S/C15H7Br2F2NO/c16-7-4-8-9(15(21)20-14(8)11(17)5-7)6-10-12(18)2-1-3-13(10)19/h1-6H,(H,20,21). The Hall–Kier alpha value is -1.53. The molecular weight excluding hydrogens is 408 g/mol. The van der Waals surface area contributed by atoms with E-state index in [1.54, 1.807) is 12.1 Å². The van der Waals surface area contributed by atoms with Crippen LogP contribution < -0.4 is 5.32 Å². The minimum Gasteiger partial charge on any atom is -0.320 e. The first kappa shape index (κ1) is 14.4. The lowest BCUT2D eigenvalue weighted by Crippen LogP contribution is -2.04. The summed E-state index contributed by atoms with van der Waals surface area (Å²) in [6.45, 7) is 0. The minimum absolute atomic E-state index is 0.219. The molecule has 106 valence electrons. The molecule has 0 radical (unpaired) electrons. The highest BCUT2D eigenvalue weighted by Gasteiger charge is 2.27. The number of nitrogens with one attached hydrogen (secondary N) is 1. The lowest BCUT2D eigenvalue weighted by Gasteiger charge is -2.03. The number of hydrogen-bond acceptors (Lipinski definition) is 1. The summed E-state index contributed by atoms with van der Waals surface area (Å²) in [5, 5.41) is 2.68. The van der Waals surface area contributed by atoms with Gasteiger partial charge in [-0.25, -0.2) is 8.78 Å². The molecule has 0 saturated carbocycles. The third kappa shape index (κ3) is 2.53. The molecule has 3 rings (SSSR count). The van der Waals surface area contributed by atoms with E-state index in [1.165, 1.54) is 12.1 Å². The van der Waals surface area contributed by atoms with Gasteiger partial charge in [-0.2, -0.15) is 0 Å². The molecule has 1 aliphatic rings. The molecule has 2 aromatic rings. The molecule has 0 fully saturated rings. The quantitative estimate of drug-likeness (QED) is 0.655. The highest BCUT2D eigenvalue weighted by molar-refractivity contribution is 9.11. The second-order valence-electron chi connectivity index (χ2n) is 4.46. The molecule has 1 N–H and O–H groups in total. The molecule has 0 unspecified atom stereocenters. The Balaban J connectivity index is 2.22. The van der Waals surface area contributed by atoms with Gasteiger partial charge in [-0.1, -0.05) is 22.0 Å². The highest BCUT2D eigenvalue weighted by Crippen LogP contribution is 2.40. The average molecular weight is 415 g/mol. The van der Waals surface area contributed by atoms with E-state index in [2.05, 4.69) is 37.2 Å². The summed E-state index contributed by atoms with van der Waals surface area (Å²) in [5.41, 5.74) is 1.16. The van der Waals surface area contributed by atoms with Crippen molar-refractivity contribution in [3.05, 3.63) is 62.0 Å². The molecule has 2 aromatic carbocycles. The number of carbonyl (C=O) groups is 1. The number of fused-ring (bicyclic) bond motifs is 1. The fourth-order valence-corrected chi connectivity index (χ4v) is 3.48. The molecule has 0 saturated heterocycles. The third-order valence-corrected chi connectivity index (χ3v) is 4.20. The number of rotatable bonds is 1. The largest absolute Gasteiger partial charge is 0.320 e. The fourth-order valence-electron chi connectivity index (χ4n) is 2.15. The van der Waals surface area contributed by atoms with E-state index < -0.39 is 17.5 Å². The predicted octanol–water partition coefficient (Wildman–Crippen LogP) is 4.98. The zero-order valence-electron chi connectivity index (χ0n) is 10.4. The number of halogens is 4. The molecular formula is C15H7Br2F2NO. The van der Waals surface area contributed by atoms with Gasteiger partial charge in [0.05, 0.1) is 5.69 Å². The summed E-state index contributed by atoms with van der Waals surface area (Å²) < 4.78 is 28.9. The van der Waals surface area contributed by atoms with Crippen LogP contribution in [0, 0.1) is 11.6 Å². The Morgan fingerprint density at radius 2 is 1.76 bits per heavy atom. The maximum absolute atomic E-state index is 13.7. The number of anilines is 1. The van der Waals surface area contributed by atoms with E-state index in [0.29, 0.717) is 15.7 Å².